The average molecular weight is 272 g/mol. The molecule has 0 spiro atoms. The van der Waals surface area contributed by atoms with Gasteiger partial charge >= 0.3 is 0 Å². The number of nitrogens with one attached hydrogen (secondary N) is 2. The molecule has 8 heteroatoms. The van der Waals surface area contributed by atoms with E-state index in [4.69, 9.17) is 0 Å². The van der Waals surface area contributed by atoms with Crippen LogP contribution < -0.4 is 5.32 Å². The molecule has 1 atom stereocenters. The lowest BCUT2D eigenvalue weighted by Crippen LogP contribution is -2.51. The first-order valence-corrected chi connectivity index (χ1v) is 7.23. The second-order valence-corrected chi connectivity index (χ2v) is 6.07. The molecule has 0 aromatic carbocycles. The van der Waals surface area contributed by atoms with Crippen LogP contribution in [-0.4, -0.2) is 48.5 Å². The Morgan fingerprint density at radius 3 is 2.94 bits per heavy atom. The lowest BCUT2D eigenvalue weighted by atomic mass is 10.0. The Kier molecular flexibility index (Phi) is 3.67. The minimum atomic E-state index is -3.64. The van der Waals surface area contributed by atoms with E-state index in [0.29, 0.717) is 13.0 Å². The van der Waals surface area contributed by atoms with E-state index in [1.54, 1.807) is 0 Å². The first kappa shape index (κ1) is 13.0. The van der Waals surface area contributed by atoms with Gasteiger partial charge in [0.25, 0.3) is 0 Å². The van der Waals surface area contributed by atoms with Crippen molar-refractivity contribution in [2.75, 3.05) is 13.6 Å². The van der Waals surface area contributed by atoms with Crippen molar-refractivity contribution in [3.05, 3.63) is 12.4 Å². The molecule has 1 aromatic heterocycles. The Morgan fingerprint density at radius 2 is 2.33 bits per heavy atom. The van der Waals surface area contributed by atoms with Crippen LogP contribution in [0.2, 0.25) is 0 Å². The molecule has 2 rings (SSSR count). The molecule has 100 valence electrons. The third-order valence-electron chi connectivity index (χ3n) is 3.08. The van der Waals surface area contributed by atoms with Crippen molar-refractivity contribution < 1.29 is 13.2 Å². The van der Waals surface area contributed by atoms with Crippen LogP contribution in [0.3, 0.4) is 0 Å². The number of aromatic nitrogens is 2. The first-order valence-electron chi connectivity index (χ1n) is 5.79. The molecule has 1 unspecified atom stereocenters. The van der Waals surface area contributed by atoms with Gasteiger partial charge < -0.3 is 5.32 Å². The van der Waals surface area contributed by atoms with Crippen LogP contribution in [0.4, 0.5) is 0 Å². The van der Waals surface area contributed by atoms with Crippen LogP contribution in [0.1, 0.15) is 19.3 Å². The fourth-order valence-corrected chi connectivity index (χ4v) is 3.70. The summed E-state index contributed by atoms with van der Waals surface area (Å²) in [6.07, 6.45) is 4.76. The van der Waals surface area contributed by atoms with Gasteiger partial charge in [0, 0.05) is 19.8 Å². The number of likely N-dealkylation sites (N-methyl/N-ethyl adjacent to an activating group) is 1. The number of aromatic amines is 1. The highest BCUT2D eigenvalue weighted by atomic mass is 32.2. The van der Waals surface area contributed by atoms with Crippen molar-refractivity contribution >= 4 is 15.9 Å². The Balaban J connectivity index is 2.32. The normalized spacial score (nSPS) is 21.7. The Labute approximate surface area is 106 Å². The summed E-state index contributed by atoms with van der Waals surface area (Å²) in [5.74, 6) is -0.262. The second-order valence-electron chi connectivity index (χ2n) is 4.18. The molecular weight excluding hydrogens is 256 g/mol. The van der Waals surface area contributed by atoms with Crippen molar-refractivity contribution in [2.24, 2.45) is 0 Å². The lowest BCUT2D eigenvalue weighted by molar-refractivity contribution is -0.125. The van der Waals surface area contributed by atoms with Crippen LogP contribution in [0.15, 0.2) is 17.3 Å². The molecule has 18 heavy (non-hydrogen) atoms. The summed E-state index contributed by atoms with van der Waals surface area (Å²) in [6, 6.07) is -0.622. The quantitative estimate of drug-likeness (QED) is 0.789. The number of nitrogens with zero attached hydrogens (tertiary/aromatic N) is 2. The number of amides is 1. The zero-order chi connectivity index (χ0) is 13.2. The Bertz CT molecular complexity index is 511. The SMILES string of the molecule is CNC(=O)C1CCCCN1S(=O)(=O)c1cn[nH]c1. The fourth-order valence-electron chi connectivity index (χ4n) is 2.14. The average Bonchev–Trinajstić information content (AvgIpc) is 2.92. The molecule has 1 amide bonds. The van der Waals surface area contributed by atoms with E-state index in [1.807, 2.05) is 0 Å². The van der Waals surface area contributed by atoms with Crippen LogP contribution in [0, 0.1) is 0 Å². The number of piperidine rings is 1. The molecule has 1 aliphatic heterocycles. The van der Waals surface area contributed by atoms with Crippen molar-refractivity contribution in [1.82, 2.24) is 19.8 Å². The first-order chi connectivity index (χ1) is 8.57. The van der Waals surface area contributed by atoms with Crippen molar-refractivity contribution in [2.45, 2.75) is 30.2 Å². The van der Waals surface area contributed by atoms with Gasteiger partial charge in [-0.15, -0.1) is 0 Å². The molecule has 2 N–H and O–H groups in total. The molecule has 1 saturated heterocycles. The van der Waals surface area contributed by atoms with E-state index in [0.717, 1.165) is 12.8 Å². The fraction of sp³-hybridized carbons (Fsp3) is 0.600. The highest BCUT2D eigenvalue weighted by molar-refractivity contribution is 7.89. The summed E-state index contributed by atoms with van der Waals surface area (Å²) in [6.45, 7) is 0.367. The molecule has 0 bridgehead atoms. The van der Waals surface area contributed by atoms with Gasteiger partial charge in [0.1, 0.15) is 10.9 Å². The van der Waals surface area contributed by atoms with E-state index in [-0.39, 0.29) is 10.8 Å². The van der Waals surface area contributed by atoms with Gasteiger partial charge in [-0.2, -0.15) is 9.40 Å². The smallest absolute Gasteiger partial charge is 0.246 e. The number of sulfonamides is 1. The third kappa shape index (κ3) is 2.25. The van der Waals surface area contributed by atoms with Gasteiger partial charge in [0.2, 0.25) is 15.9 Å². The minimum Gasteiger partial charge on any atom is -0.358 e. The summed E-state index contributed by atoms with van der Waals surface area (Å²) < 4.78 is 26.0. The van der Waals surface area contributed by atoms with Gasteiger partial charge in [0.05, 0.1) is 6.20 Å². The van der Waals surface area contributed by atoms with Crippen molar-refractivity contribution in [3.63, 3.8) is 0 Å². The monoisotopic (exact) mass is 272 g/mol. The summed E-state index contributed by atoms with van der Waals surface area (Å²) >= 11 is 0. The van der Waals surface area contributed by atoms with Gasteiger partial charge in [-0.25, -0.2) is 8.42 Å². The van der Waals surface area contributed by atoms with Gasteiger partial charge in [-0.05, 0) is 12.8 Å². The molecule has 1 fully saturated rings. The molecule has 7 nitrogen and oxygen atoms in total. The van der Waals surface area contributed by atoms with E-state index in [2.05, 4.69) is 15.5 Å². The predicted octanol–water partition coefficient (Wildman–Crippen LogP) is -0.301. The Morgan fingerprint density at radius 1 is 1.56 bits per heavy atom. The molecule has 1 aromatic rings. The second kappa shape index (κ2) is 5.07. The summed E-state index contributed by atoms with van der Waals surface area (Å²) in [5, 5.41) is 8.63. The third-order valence-corrected chi connectivity index (χ3v) is 4.96. The van der Waals surface area contributed by atoms with Crippen molar-refractivity contribution in [1.29, 1.82) is 0 Å². The molecular formula is C10H16N4O3S. The number of H-pyrrole nitrogens is 1. The number of rotatable bonds is 3. The van der Waals surface area contributed by atoms with Crippen LogP contribution in [0.25, 0.3) is 0 Å². The van der Waals surface area contributed by atoms with Crippen molar-refractivity contribution in [3.8, 4) is 0 Å². The standard InChI is InChI=1S/C10H16N4O3S/c1-11-10(15)9-4-2-3-5-14(9)18(16,17)8-6-12-13-7-8/h6-7,9H,2-5H2,1H3,(H,11,15)(H,12,13). The van der Waals surface area contributed by atoms with Gasteiger partial charge in [0.15, 0.2) is 0 Å². The topological polar surface area (TPSA) is 95.2 Å². The number of carbonyl (C=O) groups is 1. The zero-order valence-electron chi connectivity index (χ0n) is 10.1. The minimum absolute atomic E-state index is 0.0957. The van der Waals surface area contributed by atoms with Crippen LogP contribution in [-0.2, 0) is 14.8 Å². The highest BCUT2D eigenvalue weighted by Crippen LogP contribution is 2.24. The van der Waals surface area contributed by atoms with E-state index in [9.17, 15) is 13.2 Å². The number of carbonyl (C=O) groups excluding carboxylic acids is 1. The van der Waals surface area contributed by atoms with E-state index in [1.165, 1.54) is 23.7 Å². The number of hydrogen-bond acceptors (Lipinski definition) is 4. The van der Waals surface area contributed by atoms with E-state index < -0.39 is 16.1 Å². The summed E-state index contributed by atoms with van der Waals surface area (Å²) in [4.78, 5) is 11.8. The van der Waals surface area contributed by atoms with Crippen LogP contribution >= 0.6 is 0 Å². The predicted molar refractivity (Wildman–Crippen MR) is 64.2 cm³/mol. The molecule has 1 aliphatic rings. The summed E-state index contributed by atoms with van der Waals surface area (Å²) in [7, 11) is -2.13. The maximum Gasteiger partial charge on any atom is 0.246 e. The zero-order valence-corrected chi connectivity index (χ0v) is 10.9. The molecule has 2 heterocycles. The maximum atomic E-state index is 12.4. The van der Waals surface area contributed by atoms with Crippen LogP contribution in [0.5, 0.6) is 0 Å². The largest absolute Gasteiger partial charge is 0.358 e. The van der Waals surface area contributed by atoms with Gasteiger partial charge in [-0.1, -0.05) is 6.42 Å². The molecule has 0 aliphatic carbocycles. The Hall–Kier alpha value is -1.41. The van der Waals surface area contributed by atoms with E-state index >= 15 is 0 Å². The van der Waals surface area contributed by atoms with Gasteiger partial charge in [-0.3, -0.25) is 9.89 Å². The lowest BCUT2D eigenvalue weighted by Gasteiger charge is -2.32. The molecule has 0 radical (unpaired) electrons. The highest BCUT2D eigenvalue weighted by Gasteiger charge is 2.37. The summed E-state index contributed by atoms with van der Waals surface area (Å²) in [5.41, 5.74) is 0. The number of hydrogen-bond donors (Lipinski definition) is 2. The molecule has 0 saturated carbocycles. The maximum absolute atomic E-state index is 12.4.